The highest BCUT2D eigenvalue weighted by Crippen LogP contribution is 2.08. The van der Waals surface area contributed by atoms with Gasteiger partial charge in [-0.25, -0.2) is 0 Å². The molecule has 11 heavy (non-hydrogen) atoms. The summed E-state index contributed by atoms with van der Waals surface area (Å²) in [5.41, 5.74) is 6.26. The molecule has 1 aromatic rings. The first-order valence-electron chi connectivity index (χ1n) is 3.05. The zero-order valence-electron chi connectivity index (χ0n) is 5.73. The molecule has 0 aliphatic rings. The molecule has 0 saturated carbocycles. The summed E-state index contributed by atoms with van der Waals surface area (Å²) < 4.78 is 0. The van der Waals surface area contributed by atoms with Crippen LogP contribution < -0.4 is 11.2 Å². The Morgan fingerprint density at radius 2 is 1.91 bits per heavy atom. The molecule has 0 fully saturated rings. The van der Waals surface area contributed by atoms with Gasteiger partial charge in [0.25, 0.3) is 0 Å². The molecule has 0 heterocycles. The van der Waals surface area contributed by atoms with Crippen molar-refractivity contribution in [1.29, 1.82) is 0 Å². The summed E-state index contributed by atoms with van der Waals surface area (Å²) in [5, 5.41) is 17.5. The van der Waals surface area contributed by atoms with E-state index in [4.69, 9.17) is 15.8 Å². The third-order valence-corrected chi connectivity index (χ3v) is 1.52. The topological polar surface area (TPSA) is 66.5 Å². The number of nitrogen functional groups attached to an aromatic ring is 1. The Kier molecular flexibility index (Phi) is 2.43. The van der Waals surface area contributed by atoms with E-state index in [1.807, 2.05) is 0 Å². The predicted molar refractivity (Wildman–Crippen MR) is 47.9 cm³/mol. The van der Waals surface area contributed by atoms with Crippen molar-refractivity contribution < 1.29 is 10.0 Å². The van der Waals surface area contributed by atoms with E-state index >= 15 is 0 Å². The van der Waals surface area contributed by atoms with Gasteiger partial charge < -0.3 is 15.8 Å². The minimum absolute atomic E-state index is 0.356. The van der Waals surface area contributed by atoms with Gasteiger partial charge in [0.05, 0.1) is 0 Å². The average molecular weight is 169 g/mol. The van der Waals surface area contributed by atoms with Crippen molar-refractivity contribution in [2.45, 2.75) is 4.90 Å². The lowest BCUT2D eigenvalue weighted by Gasteiger charge is -2.01. The molecule has 1 aromatic carbocycles. The summed E-state index contributed by atoms with van der Waals surface area (Å²) in [5.74, 6) is 0. The molecule has 5 heteroatoms. The Morgan fingerprint density at radius 3 is 2.36 bits per heavy atom. The lowest BCUT2D eigenvalue weighted by atomic mass is 9.80. The molecule has 0 bridgehead atoms. The second-order valence-electron chi connectivity index (χ2n) is 2.23. The van der Waals surface area contributed by atoms with E-state index in [1.54, 1.807) is 12.1 Å². The lowest BCUT2D eigenvalue weighted by molar-refractivity contribution is 0.425. The Bertz CT molecular complexity index is 247. The van der Waals surface area contributed by atoms with E-state index in [0.29, 0.717) is 16.0 Å². The number of hydrogen-bond acceptors (Lipinski definition) is 4. The van der Waals surface area contributed by atoms with Crippen molar-refractivity contribution in [2.75, 3.05) is 5.73 Å². The van der Waals surface area contributed by atoms with Crippen LogP contribution in [0.5, 0.6) is 0 Å². The largest absolute Gasteiger partial charge is 0.488 e. The van der Waals surface area contributed by atoms with Crippen LogP contribution in [-0.4, -0.2) is 17.2 Å². The SMILES string of the molecule is Nc1cc(S)cc(B(O)O)c1. The van der Waals surface area contributed by atoms with Crippen LogP contribution in [0.3, 0.4) is 0 Å². The fraction of sp³-hybridized carbons (Fsp3) is 0. The van der Waals surface area contributed by atoms with Crippen molar-refractivity contribution >= 4 is 30.9 Å². The van der Waals surface area contributed by atoms with Crippen LogP contribution in [0.4, 0.5) is 5.69 Å². The van der Waals surface area contributed by atoms with E-state index in [9.17, 15) is 0 Å². The van der Waals surface area contributed by atoms with Crippen LogP contribution in [0.2, 0.25) is 0 Å². The normalized spacial score (nSPS) is 9.73. The summed E-state index contributed by atoms with van der Waals surface area (Å²) in [6.07, 6.45) is 0. The first kappa shape index (κ1) is 8.45. The zero-order valence-corrected chi connectivity index (χ0v) is 6.62. The van der Waals surface area contributed by atoms with Gasteiger partial charge in [-0.3, -0.25) is 0 Å². The van der Waals surface area contributed by atoms with E-state index in [-0.39, 0.29) is 0 Å². The molecule has 0 aromatic heterocycles. The molecule has 0 aliphatic carbocycles. The third-order valence-electron chi connectivity index (χ3n) is 1.26. The fourth-order valence-corrected chi connectivity index (χ4v) is 1.11. The Hall–Kier alpha value is -0.645. The van der Waals surface area contributed by atoms with Crippen LogP contribution >= 0.6 is 12.6 Å². The smallest absolute Gasteiger partial charge is 0.423 e. The first-order valence-corrected chi connectivity index (χ1v) is 3.50. The molecule has 4 N–H and O–H groups in total. The quantitative estimate of drug-likeness (QED) is 0.253. The number of benzene rings is 1. The summed E-state index contributed by atoms with van der Waals surface area (Å²) in [7, 11) is -1.48. The van der Waals surface area contributed by atoms with Gasteiger partial charge in [-0.15, -0.1) is 12.6 Å². The van der Waals surface area contributed by atoms with Gasteiger partial charge in [0.15, 0.2) is 0 Å². The average Bonchev–Trinajstić information content (AvgIpc) is 1.85. The van der Waals surface area contributed by atoms with E-state index in [2.05, 4.69) is 12.6 Å². The lowest BCUT2D eigenvalue weighted by Crippen LogP contribution is -2.29. The molecule has 0 unspecified atom stereocenters. The minimum Gasteiger partial charge on any atom is -0.423 e. The van der Waals surface area contributed by atoms with Gasteiger partial charge in [-0.05, 0) is 23.7 Å². The molecule has 0 aliphatic heterocycles. The summed E-state index contributed by atoms with van der Waals surface area (Å²) in [4.78, 5) is 0.619. The molecular formula is C6H8BNO2S. The van der Waals surface area contributed by atoms with Gasteiger partial charge >= 0.3 is 7.12 Å². The highest BCUT2D eigenvalue weighted by atomic mass is 32.1. The summed E-state index contributed by atoms with van der Waals surface area (Å²) >= 11 is 4.02. The Balaban J connectivity index is 3.08. The highest BCUT2D eigenvalue weighted by molar-refractivity contribution is 7.80. The molecular weight excluding hydrogens is 161 g/mol. The number of hydrogen-bond donors (Lipinski definition) is 4. The second kappa shape index (κ2) is 3.17. The molecule has 0 spiro atoms. The molecule has 0 atom stereocenters. The van der Waals surface area contributed by atoms with Crippen molar-refractivity contribution in [3.8, 4) is 0 Å². The van der Waals surface area contributed by atoms with Crippen LogP contribution in [0.15, 0.2) is 23.1 Å². The molecule has 58 valence electrons. The Labute approximate surface area is 70.4 Å². The predicted octanol–water partition coefficient (Wildman–Crippen LogP) is -0.763. The van der Waals surface area contributed by atoms with Crippen molar-refractivity contribution in [3.05, 3.63) is 18.2 Å². The maximum Gasteiger partial charge on any atom is 0.488 e. The first-order chi connectivity index (χ1) is 5.09. The Morgan fingerprint density at radius 1 is 1.27 bits per heavy atom. The zero-order chi connectivity index (χ0) is 8.43. The molecule has 1 rings (SSSR count). The molecule has 0 radical (unpaired) electrons. The van der Waals surface area contributed by atoms with Gasteiger partial charge in [-0.2, -0.15) is 0 Å². The highest BCUT2D eigenvalue weighted by Gasteiger charge is 2.10. The van der Waals surface area contributed by atoms with Crippen LogP contribution in [0, 0.1) is 0 Å². The molecule has 3 nitrogen and oxygen atoms in total. The number of thiol groups is 1. The third kappa shape index (κ3) is 2.15. The monoisotopic (exact) mass is 169 g/mol. The number of rotatable bonds is 1. The van der Waals surface area contributed by atoms with Crippen LogP contribution in [0.25, 0.3) is 0 Å². The summed E-state index contributed by atoms with van der Waals surface area (Å²) in [6, 6.07) is 4.67. The number of nitrogens with two attached hydrogens (primary N) is 1. The second-order valence-corrected chi connectivity index (χ2v) is 2.75. The van der Waals surface area contributed by atoms with Crippen molar-refractivity contribution in [1.82, 2.24) is 0 Å². The molecule has 0 amide bonds. The van der Waals surface area contributed by atoms with Crippen LogP contribution in [-0.2, 0) is 0 Å². The minimum atomic E-state index is -1.48. The fourth-order valence-electron chi connectivity index (χ4n) is 0.808. The van der Waals surface area contributed by atoms with E-state index in [1.165, 1.54) is 6.07 Å². The van der Waals surface area contributed by atoms with E-state index < -0.39 is 7.12 Å². The van der Waals surface area contributed by atoms with Gasteiger partial charge in [-0.1, -0.05) is 0 Å². The van der Waals surface area contributed by atoms with Crippen LogP contribution in [0.1, 0.15) is 0 Å². The van der Waals surface area contributed by atoms with Gasteiger partial charge in [0.1, 0.15) is 0 Å². The standard InChI is InChI=1S/C6H8BNO2S/c8-5-1-4(7(9)10)2-6(11)3-5/h1-3,9-11H,8H2. The van der Waals surface area contributed by atoms with Gasteiger partial charge in [0, 0.05) is 10.6 Å². The van der Waals surface area contributed by atoms with Crippen molar-refractivity contribution in [3.63, 3.8) is 0 Å². The maximum atomic E-state index is 8.74. The van der Waals surface area contributed by atoms with E-state index in [0.717, 1.165) is 0 Å². The van der Waals surface area contributed by atoms with Gasteiger partial charge in [0.2, 0.25) is 0 Å². The maximum absolute atomic E-state index is 8.74. The van der Waals surface area contributed by atoms with Crippen molar-refractivity contribution in [2.24, 2.45) is 0 Å². The summed E-state index contributed by atoms with van der Waals surface area (Å²) in [6.45, 7) is 0. The molecule has 0 saturated heterocycles. The number of anilines is 1.